The molecule has 1 aromatic rings. The van der Waals surface area contributed by atoms with Crippen LogP contribution in [-0.2, 0) is 6.42 Å². The first-order valence-electron chi connectivity index (χ1n) is 5.01. The Hall–Kier alpha value is -1.33. The molecule has 2 heteroatoms. The van der Waals surface area contributed by atoms with Crippen molar-refractivity contribution in [2.75, 3.05) is 13.1 Å². The van der Waals surface area contributed by atoms with E-state index in [9.17, 15) is 5.26 Å². The van der Waals surface area contributed by atoms with Crippen molar-refractivity contribution in [3.63, 3.8) is 0 Å². The molecule has 1 aromatic carbocycles. The van der Waals surface area contributed by atoms with Crippen molar-refractivity contribution in [3.05, 3.63) is 35.9 Å². The normalized spacial score (nSPS) is 25.9. The van der Waals surface area contributed by atoms with Crippen LogP contribution in [0.1, 0.15) is 12.0 Å². The van der Waals surface area contributed by atoms with Crippen LogP contribution in [0.2, 0.25) is 0 Å². The molecule has 1 aliphatic heterocycles. The molecule has 2 nitrogen and oxygen atoms in total. The van der Waals surface area contributed by atoms with Crippen LogP contribution >= 0.6 is 0 Å². The third-order valence-corrected chi connectivity index (χ3v) is 2.87. The molecule has 0 aliphatic carbocycles. The van der Waals surface area contributed by atoms with Crippen LogP contribution in [0.3, 0.4) is 0 Å². The second kappa shape index (κ2) is 3.81. The molecule has 2 rings (SSSR count). The molecule has 0 amide bonds. The number of rotatable bonds is 2. The highest BCUT2D eigenvalue weighted by molar-refractivity contribution is 5.20. The largest absolute Gasteiger partial charge is 0.315 e. The Labute approximate surface area is 84.6 Å². The van der Waals surface area contributed by atoms with Crippen molar-refractivity contribution in [1.29, 1.82) is 5.26 Å². The number of nitriles is 1. The Morgan fingerprint density at radius 1 is 1.36 bits per heavy atom. The van der Waals surface area contributed by atoms with Gasteiger partial charge < -0.3 is 5.32 Å². The lowest BCUT2D eigenvalue weighted by molar-refractivity contribution is 0.438. The Kier molecular flexibility index (Phi) is 2.51. The van der Waals surface area contributed by atoms with E-state index < -0.39 is 0 Å². The van der Waals surface area contributed by atoms with E-state index in [0.717, 1.165) is 25.9 Å². The van der Waals surface area contributed by atoms with E-state index >= 15 is 0 Å². The van der Waals surface area contributed by atoms with Crippen LogP contribution in [0.4, 0.5) is 0 Å². The quantitative estimate of drug-likeness (QED) is 0.763. The van der Waals surface area contributed by atoms with E-state index in [1.807, 2.05) is 18.2 Å². The molecule has 14 heavy (non-hydrogen) atoms. The van der Waals surface area contributed by atoms with E-state index in [-0.39, 0.29) is 5.41 Å². The van der Waals surface area contributed by atoms with Crippen molar-refractivity contribution < 1.29 is 0 Å². The van der Waals surface area contributed by atoms with Crippen LogP contribution in [-0.4, -0.2) is 13.1 Å². The molecular formula is C12H14N2. The highest BCUT2D eigenvalue weighted by atomic mass is 14.9. The molecule has 1 unspecified atom stereocenters. The van der Waals surface area contributed by atoms with Gasteiger partial charge in [0.25, 0.3) is 0 Å². The summed E-state index contributed by atoms with van der Waals surface area (Å²) in [6, 6.07) is 12.7. The maximum absolute atomic E-state index is 9.19. The lowest BCUT2D eigenvalue weighted by atomic mass is 9.82. The van der Waals surface area contributed by atoms with Gasteiger partial charge in [-0.3, -0.25) is 0 Å². The van der Waals surface area contributed by atoms with Gasteiger partial charge in [-0.05, 0) is 24.9 Å². The average Bonchev–Trinajstić information content (AvgIpc) is 2.69. The van der Waals surface area contributed by atoms with Crippen LogP contribution in [0, 0.1) is 16.7 Å². The molecule has 0 bridgehead atoms. The second-order valence-electron chi connectivity index (χ2n) is 3.98. The van der Waals surface area contributed by atoms with Crippen molar-refractivity contribution in [2.24, 2.45) is 5.41 Å². The first-order chi connectivity index (χ1) is 6.85. The average molecular weight is 186 g/mol. The van der Waals surface area contributed by atoms with Gasteiger partial charge in [0.05, 0.1) is 11.5 Å². The predicted octanol–water partition coefficient (Wildman–Crippen LogP) is 1.73. The number of benzene rings is 1. The summed E-state index contributed by atoms with van der Waals surface area (Å²) in [6.07, 6.45) is 1.84. The molecule has 0 radical (unpaired) electrons. The molecule has 1 heterocycles. The second-order valence-corrected chi connectivity index (χ2v) is 3.98. The van der Waals surface area contributed by atoms with E-state index in [2.05, 4.69) is 23.5 Å². The standard InChI is InChI=1S/C12H14N2/c13-9-12(6-7-14-10-12)8-11-4-2-1-3-5-11/h1-5,14H,6-8,10H2. The molecule has 1 saturated heterocycles. The summed E-state index contributed by atoms with van der Waals surface area (Å²) in [6.45, 7) is 1.80. The minimum Gasteiger partial charge on any atom is -0.315 e. The van der Waals surface area contributed by atoms with Crippen LogP contribution in [0.15, 0.2) is 30.3 Å². The van der Waals surface area contributed by atoms with Crippen molar-refractivity contribution in [2.45, 2.75) is 12.8 Å². The Morgan fingerprint density at radius 2 is 2.14 bits per heavy atom. The van der Waals surface area contributed by atoms with Gasteiger partial charge >= 0.3 is 0 Å². The van der Waals surface area contributed by atoms with E-state index in [1.165, 1.54) is 5.56 Å². The topological polar surface area (TPSA) is 35.8 Å². The lowest BCUT2D eigenvalue weighted by Crippen LogP contribution is -2.24. The van der Waals surface area contributed by atoms with Gasteiger partial charge in [-0.2, -0.15) is 5.26 Å². The van der Waals surface area contributed by atoms with E-state index in [1.54, 1.807) is 0 Å². The SMILES string of the molecule is N#CC1(Cc2ccccc2)CCNC1. The van der Waals surface area contributed by atoms with E-state index in [0.29, 0.717) is 0 Å². The Morgan fingerprint density at radius 3 is 2.71 bits per heavy atom. The van der Waals surface area contributed by atoms with Gasteiger partial charge in [0.15, 0.2) is 0 Å². The fourth-order valence-electron chi connectivity index (χ4n) is 2.02. The summed E-state index contributed by atoms with van der Waals surface area (Å²) in [7, 11) is 0. The minimum absolute atomic E-state index is 0.165. The third-order valence-electron chi connectivity index (χ3n) is 2.87. The van der Waals surface area contributed by atoms with Gasteiger partial charge in [0, 0.05) is 6.54 Å². The Balaban J connectivity index is 2.13. The minimum atomic E-state index is -0.165. The molecule has 0 spiro atoms. The molecule has 1 aliphatic rings. The maximum Gasteiger partial charge on any atom is 0.0750 e. The molecule has 1 fully saturated rings. The fraction of sp³-hybridized carbons (Fsp3) is 0.417. The first kappa shape index (κ1) is 9.23. The van der Waals surface area contributed by atoms with Gasteiger partial charge in [-0.25, -0.2) is 0 Å². The zero-order chi connectivity index (χ0) is 9.86. The first-order valence-corrected chi connectivity index (χ1v) is 5.01. The summed E-state index contributed by atoms with van der Waals surface area (Å²) in [5.41, 5.74) is 1.10. The molecule has 1 atom stereocenters. The van der Waals surface area contributed by atoms with Crippen molar-refractivity contribution >= 4 is 0 Å². The fourth-order valence-corrected chi connectivity index (χ4v) is 2.02. The highest BCUT2D eigenvalue weighted by Crippen LogP contribution is 2.28. The number of nitrogens with one attached hydrogen (secondary N) is 1. The van der Waals surface area contributed by atoms with Crippen molar-refractivity contribution in [1.82, 2.24) is 5.32 Å². The summed E-state index contributed by atoms with van der Waals surface area (Å²) in [5.74, 6) is 0. The molecule has 72 valence electrons. The monoisotopic (exact) mass is 186 g/mol. The number of hydrogen-bond donors (Lipinski definition) is 1. The number of nitrogens with zero attached hydrogens (tertiary/aromatic N) is 1. The van der Waals surface area contributed by atoms with E-state index in [4.69, 9.17) is 0 Å². The Bertz CT molecular complexity index is 331. The molecule has 0 saturated carbocycles. The summed E-state index contributed by atoms with van der Waals surface area (Å²) in [4.78, 5) is 0. The zero-order valence-corrected chi connectivity index (χ0v) is 8.16. The summed E-state index contributed by atoms with van der Waals surface area (Å²) < 4.78 is 0. The summed E-state index contributed by atoms with van der Waals surface area (Å²) >= 11 is 0. The zero-order valence-electron chi connectivity index (χ0n) is 8.16. The predicted molar refractivity (Wildman–Crippen MR) is 55.7 cm³/mol. The van der Waals surface area contributed by atoms with Gasteiger partial charge in [0.2, 0.25) is 0 Å². The molecule has 1 N–H and O–H groups in total. The lowest BCUT2D eigenvalue weighted by Gasteiger charge is -2.18. The van der Waals surface area contributed by atoms with Gasteiger partial charge in [-0.15, -0.1) is 0 Å². The van der Waals surface area contributed by atoms with Crippen LogP contribution < -0.4 is 5.32 Å². The highest BCUT2D eigenvalue weighted by Gasteiger charge is 2.33. The van der Waals surface area contributed by atoms with Crippen molar-refractivity contribution in [3.8, 4) is 6.07 Å². The maximum atomic E-state index is 9.19. The summed E-state index contributed by atoms with van der Waals surface area (Å²) in [5, 5.41) is 12.4. The third kappa shape index (κ3) is 1.78. The number of hydrogen-bond acceptors (Lipinski definition) is 2. The molecule has 0 aromatic heterocycles. The smallest absolute Gasteiger partial charge is 0.0750 e. The van der Waals surface area contributed by atoms with Gasteiger partial charge in [0.1, 0.15) is 0 Å². The van der Waals surface area contributed by atoms with Crippen LogP contribution in [0.25, 0.3) is 0 Å². The van der Waals surface area contributed by atoms with Gasteiger partial charge in [-0.1, -0.05) is 30.3 Å². The van der Waals surface area contributed by atoms with Crippen LogP contribution in [0.5, 0.6) is 0 Å². The molecular weight excluding hydrogens is 172 g/mol.